The molecule has 6 heteroatoms. The van der Waals surface area contributed by atoms with Gasteiger partial charge >= 0.3 is 0 Å². The van der Waals surface area contributed by atoms with Crippen LogP contribution in [-0.2, 0) is 11.3 Å². The van der Waals surface area contributed by atoms with E-state index in [1.807, 2.05) is 6.92 Å². The standard InChI is InChI=1S/C19H28ClN3O.ClH/c1-14-6-7-15(10-17(14)20)12-23-9-3-4-16(13-23)11-22-19(24)18-5-2-8-21-18;/h6-7,10,16,18,21H,2-5,8-9,11-13H2,1H3,(H,22,24);1H. The molecule has 2 fully saturated rings. The number of rotatable bonds is 5. The highest BCUT2D eigenvalue weighted by Gasteiger charge is 2.24. The summed E-state index contributed by atoms with van der Waals surface area (Å²) in [5.74, 6) is 0.722. The van der Waals surface area contributed by atoms with Crippen molar-refractivity contribution in [1.29, 1.82) is 0 Å². The summed E-state index contributed by atoms with van der Waals surface area (Å²) in [6.45, 7) is 6.90. The third-order valence-electron chi connectivity index (χ3n) is 5.19. The Hall–Kier alpha value is -0.810. The van der Waals surface area contributed by atoms with Gasteiger partial charge in [-0.2, -0.15) is 0 Å². The number of carbonyl (C=O) groups is 1. The Kier molecular flexibility index (Phi) is 8.01. The van der Waals surface area contributed by atoms with Crippen molar-refractivity contribution in [2.75, 3.05) is 26.2 Å². The molecule has 1 aromatic carbocycles. The van der Waals surface area contributed by atoms with Crippen molar-refractivity contribution in [2.45, 2.75) is 45.2 Å². The number of nitrogens with zero attached hydrogens (tertiary/aromatic N) is 1. The van der Waals surface area contributed by atoms with Gasteiger partial charge in [0.25, 0.3) is 0 Å². The summed E-state index contributed by atoms with van der Waals surface area (Å²) in [4.78, 5) is 14.6. The molecule has 0 spiro atoms. The lowest BCUT2D eigenvalue weighted by Gasteiger charge is -2.33. The zero-order valence-electron chi connectivity index (χ0n) is 14.9. The average Bonchev–Trinajstić information content (AvgIpc) is 3.11. The Labute approximate surface area is 162 Å². The van der Waals surface area contributed by atoms with Gasteiger partial charge in [0.15, 0.2) is 0 Å². The molecule has 2 heterocycles. The Balaban J connectivity index is 0.00000225. The molecule has 0 radical (unpaired) electrons. The summed E-state index contributed by atoms with van der Waals surface area (Å²) >= 11 is 6.24. The van der Waals surface area contributed by atoms with Crippen molar-refractivity contribution in [3.63, 3.8) is 0 Å². The number of likely N-dealkylation sites (tertiary alicyclic amines) is 1. The molecule has 140 valence electrons. The van der Waals surface area contributed by atoms with Crippen LogP contribution < -0.4 is 10.6 Å². The molecule has 0 bridgehead atoms. The van der Waals surface area contributed by atoms with Gasteiger partial charge in [0.05, 0.1) is 6.04 Å². The third kappa shape index (κ3) is 5.85. The molecule has 2 atom stereocenters. The minimum Gasteiger partial charge on any atom is -0.354 e. The van der Waals surface area contributed by atoms with Crippen LogP contribution in [0.15, 0.2) is 18.2 Å². The van der Waals surface area contributed by atoms with Gasteiger partial charge in [-0.3, -0.25) is 9.69 Å². The number of hydrogen-bond acceptors (Lipinski definition) is 3. The highest BCUT2D eigenvalue weighted by atomic mass is 35.5. The second-order valence-corrected chi connectivity index (χ2v) is 7.63. The molecule has 0 aliphatic carbocycles. The Bertz CT molecular complexity index is 576. The van der Waals surface area contributed by atoms with Crippen molar-refractivity contribution in [3.05, 3.63) is 34.3 Å². The van der Waals surface area contributed by atoms with Crippen molar-refractivity contribution >= 4 is 29.9 Å². The zero-order valence-corrected chi connectivity index (χ0v) is 16.5. The Morgan fingerprint density at radius 3 is 2.92 bits per heavy atom. The molecular weight excluding hydrogens is 357 g/mol. The minimum atomic E-state index is 0. The summed E-state index contributed by atoms with van der Waals surface area (Å²) in [6, 6.07) is 6.36. The van der Waals surface area contributed by atoms with Gasteiger partial charge in [-0.25, -0.2) is 0 Å². The smallest absolute Gasteiger partial charge is 0.237 e. The molecular formula is C19H29Cl2N3O. The number of benzene rings is 1. The highest BCUT2D eigenvalue weighted by Crippen LogP contribution is 2.21. The lowest BCUT2D eigenvalue weighted by Crippen LogP contribution is -2.45. The third-order valence-corrected chi connectivity index (χ3v) is 5.59. The lowest BCUT2D eigenvalue weighted by molar-refractivity contribution is -0.123. The average molecular weight is 386 g/mol. The lowest BCUT2D eigenvalue weighted by atomic mass is 9.97. The number of carbonyl (C=O) groups excluding carboxylic acids is 1. The molecule has 2 unspecified atom stereocenters. The first-order chi connectivity index (χ1) is 11.6. The van der Waals surface area contributed by atoms with E-state index in [0.717, 1.165) is 56.2 Å². The first kappa shape index (κ1) is 20.5. The first-order valence-electron chi connectivity index (χ1n) is 9.10. The molecule has 0 aromatic heterocycles. The van der Waals surface area contributed by atoms with Gasteiger partial charge in [-0.05, 0) is 68.8 Å². The minimum absolute atomic E-state index is 0. The molecule has 0 saturated carbocycles. The fraction of sp³-hybridized carbons (Fsp3) is 0.632. The highest BCUT2D eigenvalue weighted by molar-refractivity contribution is 6.31. The van der Waals surface area contributed by atoms with Crippen molar-refractivity contribution in [1.82, 2.24) is 15.5 Å². The summed E-state index contributed by atoms with van der Waals surface area (Å²) in [7, 11) is 0. The van der Waals surface area contributed by atoms with E-state index in [4.69, 9.17) is 11.6 Å². The summed E-state index contributed by atoms with van der Waals surface area (Å²) in [5, 5.41) is 7.25. The van der Waals surface area contributed by atoms with Gasteiger partial charge in [0, 0.05) is 24.7 Å². The molecule has 4 nitrogen and oxygen atoms in total. The van der Waals surface area contributed by atoms with Crippen LogP contribution in [0.4, 0.5) is 0 Å². The van der Waals surface area contributed by atoms with E-state index in [9.17, 15) is 4.79 Å². The Morgan fingerprint density at radius 1 is 1.36 bits per heavy atom. The molecule has 2 saturated heterocycles. The molecule has 2 N–H and O–H groups in total. The van der Waals surface area contributed by atoms with Gasteiger partial charge in [-0.1, -0.05) is 23.7 Å². The number of amides is 1. The van der Waals surface area contributed by atoms with Crippen LogP contribution in [0.1, 0.15) is 36.8 Å². The number of halogens is 2. The van der Waals surface area contributed by atoms with Gasteiger partial charge in [0.2, 0.25) is 5.91 Å². The van der Waals surface area contributed by atoms with E-state index in [1.54, 1.807) is 0 Å². The molecule has 2 aliphatic rings. The van der Waals surface area contributed by atoms with E-state index >= 15 is 0 Å². The van der Waals surface area contributed by atoms with E-state index < -0.39 is 0 Å². The predicted octanol–water partition coefficient (Wildman–Crippen LogP) is 3.15. The molecule has 2 aliphatic heterocycles. The zero-order chi connectivity index (χ0) is 16.9. The molecule has 1 amide bonds. The second kappa shape index (κ2) is 9.77. The van der Waals surface area contributed by atoms with E-state index in [-0.39, 0.29) is 24.4 Å². The van der Waals surface area contributed by atoms with Gasteiger partial charge < -0.3 is 10.6 Å². The maximum absolute atomic E-state index is 12.1. The largest absolute Gasteiger partial charge is 0.354 e. The van der Waals surface area contributed by atoms with Crippen molar-refractivity contribution in [2.24, 2.45) is 5.92 Å². The molecule has 25 heavy (non-hydrogen) atoms. The van der Waals surface area contributed by atoms with Crippen LogP contribution in [0, 0.1) is 12.8 Å². The topological polar surface area (TPSA) is 44.4 Å². The van der Waals surface area contributed by atoms with Crippen LogP contribution in [0.3, 0.4) is 0 Å². The van der Waals surface area contributed by atoms with Crippen LogP contribution in [0.5, 0.6) is 0 Å². The monoisotopic (exact) mass is 385 g/mol. The fourth-order valence-electron chi connectivity index (χ4n) is 3.73. The van der Waals surface area contributed by atoms with E-state index in [1.165, 1.54) is 18.4 Å². The van der Waals surface area contributed by atoms with E-state index in [2.05, 4.69) is 33.7 Å². The van der Waals surface area contributed by atoms with Gasteiger partial charge in [0.1, 0.15) is 0 Å². The fourth-order valence-corrected chi connectivity index (χ4v) is 3.93. The second-order valence-electron chi connectivity index (χ2n) is 7.22. The molecule has 1 aromatic rings. The number of aryl methyl sites for hydroxylation is 1. The summed E-state index contributed by atoms with van der Waals surface area (Å²) in [6.07, 6.45) is 4.47. The maximum atomic E-state index is 12.1. The van der Waals surface area contributed by atoms with Crippen LogP contribution in [-0.4, -0.2) is 43.0 Å². The predicted molar refractivity (Wildman–Crippen MR) is 105 cm³/mol. The Morgan fingerprint density at radius 2 is 2.20 bits per heavy atom. The SMILES string of the molecule is Cc1ccc(CN2CCCC(CNC(=O)C3CCCN3)C2)cc1Cl.Cl. The van der Waals surface area contributed by atoms with Gasteiger partial charge in [-0.15, -0.1) is 12.4 Å². The van der Waals surface area contributed by atoms with Crippen molar-refractivity contribution < 1.29 is 4.79 Å². The molecule has 3 rings (SSSR count). The maximum Gasteiger partial charge on any atom is 0.237 e. The summed E-state index contributed by atoms with van der Waals surface area (Å²) in [5.41, 5.74) is 2.39. The van der Waals surface area contributed by atoms with E-state index in [0.29, 0.717) is 5.92 Å². The quantitative estimate of drug-likeness (QED) is 0.817. The van der Waals surface area contributed by atoms with Crippen LogP contribution >= 0.6 is 24.0 Å². The van der Waals surface area contributed by atoms with Crippen LogP contribution in [0.2, 0.25) is 5.02 Å². The first-order valence-corrected chi connectivity index (χ1v) is 9.48. The normalized spacial score (nSPS) is 23.9. The van der Waals surface area contributed by atoms with Crippen LogP contribution in [0.25, 0.3) is 0 Å². The number of hydrogen-bond donors (Lipinski definition) is 2. The van der Waals surface area contributed by atoms with Crippen molar-refractivity contribution in [3.8, 4) is 0 Å². The number of nitrogens with one attached hydrogen (secondary N) is 2. The number of piperidine rings is 1. The summed E-state index contributed by atoms with van der Waals surface area (Å²) < 4.78 is 0.